The molecule has 0 bridgehead atoms. The number of piperidine rings is 1. The fraction of sp³-hybridized carbons (Fsp3) is 0.480. The van der Waals surface area contributed by atoms with Crippen molar-refractivity contribution in [2.24, 2.45) is 5.41 Å². The summed E-state index contributed by atoms with van der Waals surface area (Å²) in [5.41, 5.74) is -1.76. The van der Waals surface area contributed by atoms with Crippen LogP contribution >= 0.6 is 11.9 Å². The van der Waals surface area contributed by atoms with E-state index in [0.717, 1.165) is 25.9 Å². The fourth-order valence-electron chi connectivity index (χ4n) is 5.40. The molecule has 0 atom stereocenters. The number of rotatable bonds is 6. The molecule has 16 heteroatoms. The molecule has 41 heavy (non-hydrogen) atoms. The van der Waals surface area contributed by atoms with Gasteiger partial charge in [0, 0.05) is 36.7 Å². The molecular formula is C25H26F6N6O2S2. The monoisotopic (exact) mass is 620 g/mol. The van der Waals surface area contributed by atoms with Gasteiger partial charge in [-0.1, -0.05) is 11.9 Å². The molecule has 5 rings (SSSR count). The highest BCUT2D eigenvalue weighted by Crippen LogP contribution is 2.53. The number of aryl methyl sites for hydroxylation is 1. The summed E-state index contributed by atoms with van der Waals surface area (Å²) in [6, 6.07) is 4.37. The summed E-state index contributed by atoms with van der Waals surface area (Å²) in [4.78, 5) is 7.68. The average molecular weight is 621 g/mol. The van der Waals surface area contributed by atoms with Crippen LogP contribution in [0.3, 0.4) is 0 Å². The average Bonchev–Trinajstić information content (AvgIpc) is 3.39. The third kappa shape index (κ3) is 5.91. The number of sulfone groups is 1. The van der Waals surface area contributed by atoms with Crippen molar-refractivity contribution in [3.63, 3.8) is 0 Å². The van der Waals surface area contributed by atoms with Crippen molar-refractivity contribution in [2.75, 3.05) is 24.7 Å². The molecule has 2 aromatic heterocycles. The van der Waals surface area contributed by atoms with Crippen molar-refractivity contribution in [3.05, 3.63) is 47.9 Å². The van der Waals surface area contributed by atoms with Crippen molar-refractivity contribution in [2.45, 2.75) is 55.2 Å². The first-order valence-electron chi connectivity index (χ1n) is 12.6. The smallest absolute Gasteiger partial charge is 0.324 e. The van der Waals surface area contributed by atoms with Crippen molar-refractivity contribution in [1.29, 1.82) is 0 Å². The van der Waals surface area contributed by atoms with E-state index in [0.29, 0.717) is 42.7 Å². The number of benzene rings is 1. The predicted octanol–water partition coefficient (Wildman–Crippen LogP) is 6.18. The normalized spacial score (nSPS) is 18.4. The Balaban J connectivity index is 1.35. The van der Waals surface area contributed by atoms with E-state index in [1.54, 1.807) is 18.9 Å². The standard InChI is InChI=1S/C25H26F6N6O2S2/c1-15-9-17(41(38,39)18-10-23(11-18)5-7-36(40-2)8-6-23)3-4-20(15)34-22-32-13-19(24(26,27)28)21(35-22)16-12-33-37(14-16)25(29,30)31/h3-4,9,12-14,18H,5-8,10-11H2,1-2H3,(H,32,34,35). The summed E-state index contributed by atoms with van der Waals surface area (Å²) < 4.78 is 108. The van der Waals surface area contributed by atoms with Gasteiger partial charge in [-0.25, -0.2) is 18.4 Å². The van der Waals surface area contributed by atoms with Gasteiger partial charge in [0.2, 0.25) is 5.95 Å². The second-order valence-corrected chi connectivity index (χ2v) is 13.5. The van der Waals surface area contributed by atoms with Gasteiger partial charge >= 0.3 is 12.5 Å². The third-order valence-corrected chi connectivity index (χ3v) is 10.8. The van der Waals surface area contributed by atoms with Crippen LogP contribution in [0.15, 0.2) is 41.7 Å². The summed E-state index contributed by atoms with van der Waals surface area (Å²) in [6.07, 6.45) is -3.15. The van der Waals surface area contributed by atoms with Crippen LogP contribution in [0.25, 0.3) is 11.3 Å². The van der Waals surface area contributed by atoms with E-state index in [1.807, 2.05) is 6.26 Å². The van der Waals surface area contributed by atoms with Crippen LogP contribution in [0.1, 0.15) is 36.8 Å². The summed E-state index contributed by atoms with van der Waals surface area (Å²) in [6.45, 7) is 3.50. The summed E-state index contributed by atoms with van der Waals surface area (Å²) >= 11 is 1.70. The lowest BCUT2D eigenvalue weighted by molar-refractivity contribution is -0.212. The Bertz CT molecular complexity index is 1540. The maximum Gasteiger partial charge on any atom is 0.504 e. The van der Waals surface area contributed by atoms with E-state index in [-0.39, 0.29) is 16.3 Å². The molecule has 8 nitrogen and oxygen atoms in total. The van der Waals surface area contributed by atoms with Crippen LogP contribution in [-0.4, -0.2) is 57.1 Å². The number of aromatic nitrogens is 4. The molecule has 2 aliphatic rings. The lowest BCUT2D eigenvalue weighted by Crippen LogP contribution is -2.50. The van der Waals surface area contributed by atoms with Gasteiger partial charge in [0.05, 0.1) is 22.0 Å². The Labute approximate surface area is 236 Å². The summed E-state index contributed by atoms with van der Waals surface area (Å²) in [7, 11) is -3.59. The molecule has 1 saturated heterocycles. The number of nitrogens with zero attached hydrogens (tertiary/aromatic N) is 5. The Morgan fingerprint density at radius 2 is 1.76 bits per heavy atom. The van der Waals surface area contributed by atoms with Crippen LogP contribution in [0, 0.1) is 12.3 Å². The minimum atomic E-state index is -4.94. The molecule has 222 valence electrons. The van der Waals surface area contributed by atoms with Crippen molar-refractivity contribution in [3.8, 4) is 11.3 Å². The lowest BCUT2D eigenvalue weighted by Gasteiger charge is -2.51. The Morgan fingerprint density at radius 3 is 2.32 bits per heavy atom. The molecule has 1 aliphatic carbocycles. The molecule has 1 aromatic carbocycles. The van der Waals surface area contributed by atoms with Crippen LogP contribution in [0.4, 0.5) is 38.0 Å². The van der Waals surface area contributed by atoms with E-state index in [9.17, 15) is 34.8 Å². The van der Waals surface area contributed by atoms with Crippen LogP contribution in [0.5, 0.6) is 0 Å². The van der Waals surface area contributed by atoms with E-state index < -0.39 is 49.1 Å². The molecule has 0 radical (unpaired) electrons. The minimum Gasteiger partial charge on any atom is -0.324 e. The molecule has 1 aliphatic heterocycles. The van der Waals surface area contributed by atoms with E-state index in [2.05, 4.69) is 24.7 Å². The highest BCUT2D eigenvalue weighted by Gasteiger charge is 2.51. The number of nitrogens with one attached hydrogen (secondary N) is 1. The lowest BCUT2D eigenvalue weighted by atomic mass is 9.63. The molecule has 1 saturated carbocycles. The summed E-state index contributed by atoms with van der Waals surface area (Å²) in [5, 5.41) is 5.37. The third-order valence-electron chi connectivity index (χ3n) is 7.78. The maximum atomic E-state index is 13.6. The molecule has 1 spiro atoms. The molecular weight excluding hydrogens is 594 g/mol. The molecule has 0 amide bonds. The predicted molar refractivity (Wildman–Crippen MR) is 141 cm³/mol. The topological polar surface area (TPSA) is 93.0 Å². The Kier molecular flexibility index (Phi) is 7.56. The van der Waals surface area contributed by atoms with Gasteiger partial charge in [0.25, 0.3) is 0 Å². The van der Waals surface area contributed by atoms with E-state index >= 15 is 0 Å². The van der Waals surface area contributed by atoms with Crippen LogP contribution in [-0.2, 0) is 22.3 Å². The first kappa shape index (κ1) is 29.6. The van der Waals surface area contributed by atoms with Gasteiger partial charge in [-0.05, 0) is 68.0 Å². The first-order chi connectivity index (χ1) is 19.1. The maximum absolute atomic E-state index is 13.6. The van der Waals surface area contributed by atoms with E-state index in [4.69, 9.17) is 0 Å². The zero-order valence-electron chi connectivity index (χ0n) is 21.9. The van der Waals surface area contributed by atoms with Crippen LogP contribution in [0.2, 0.25) is 0 Å². The van der Waals surface area contributed by atoms with Gasteiger partial charge < -0.3 is 5.32 Å². The summed E-state index contributed by atoms with van der Waals surface area (Å²) in [5.74, 6) is -0.316. The highest BCUT2D eigenvalue weighted by molar-refractivity contribution is 7.96. The minimum absolute atomic E-state index is 0.0642. The first-order valence-corrected chi connectivity index (χ1v) is 15.3. The van der Waals surface area contributed by atoms with Crippen molar-refractivity contribution < 1.29 is 34.8 Å². The second kappa shape index (κ2) is 10.5. The highest BCUT2D eigenvalue weighted by atomic mass is 32.2. The zero-order chi connectivity index (χ0) is 29.8. The van der Waals surface area contributed by atoms with Gasteiger partial charge in [0.15, 0.2) is 9.84 Å². The zero-order valence-corrected chi connectivity index (χ0v) is 23.6. The van der Waals surface area contributed by atoms with Gasteiger partial charge in [-0.3, -0.25) is 4.31 Å². The Morgan fingerprint density at radius 1 is 1.07 bits per heavy atom. The number of hydrogen-bond acceptors (Lipinski definition) is 8. The second-order valence-electron chi connectivity index (χ2n) is 10.4. The van der Waals surface area contributed by atoms with Gasteiger partial charge in [-0.2, -0.15) is 23.0 Å². The number of alkyl halides is 6. The molecule has 3 aromatic rings. The Hall–Kier alpha value is -2.85. The quantitative estimate of drug-likeness (QED) is 0.258. The number of hydrogen-bond donors (Lipinski definition) is 1. The molecule has 0 unspecified atom stereocenters. The van der Waals surface area contributed by atoms with Crippen LogP contribution < -0.4 is 5.32 Å². The number of halogens is 6. The SMILES string of the molecule is CSN1CCC2(CC1)CC(S(=O)(=O)c1ccc(Nc3ncc(C(F)(F)F)c(-c4cnn(C(F)(F)F)c4)n3)c(C)c1)C2. The number of anilines is 2. The van der Waals surface area contributed by atoms with Gasteiger partial charge in [-0.15, -0.1) is 13.2 Å². The molecule has 3 heterocycles. The molecule has 1 N–H and O–H groups in total. The van der Waals surface area contributed by atoms with E-state index in [1.165, 1.54) is 18.2 Å². The van der Waals surface area contributed by atoms with Crippen molar-refractivity contribution in [1.82, 2.24) is 24.1 Å². The fourth-order valence-corrected chi connectivity index (χ4v) is 8.07. The van der Waals surface area contributed by atoms with Gasteiger partial charge in [0.1, 0.15) is 5.56 Å². The largest absolute Gasteiger partial charge is 0.504 e. The molecule has 2 fully saturated rings. The van der Waals surface area contributed by atoms with Crippen molar-refractivity contribution >= 4 is 33.4 Å².